The van der Waals surface area contributed by atoms with Crippen LogP contribution in [0.25, 0.3) is 10.1 Å². The third-order valence-electron chi connectivity index (χ3n) is 4.96. The third-order valence-corrected chi connectivity index (χ3v) is 9.36. The van der Waals surface area contributed by atoms with E-state index in [9.17, 15) is 35.9 Å². The van der Waals surface area contributed by atoms with Crippen LogP contribution in [0.15, 0.2) is 45.5 Å². The van der Waals surface area contributed by atoms with Gasteiger partial charge in [0.1, 0.15) is 10.0 Å². The van der Waals surface area contributed by atoms with Gasteiger partial charge in [-0.2, -0.15) is 0 Å². The molecule has 2 aromatic carbocycles. The summed E-state index contributed by atoms with van der Waals surface area (Å²) in [5.74, 6) is -2.33. The summed E-state index contributed by atoms with van der Waals surface area (Å²) in [4.78, 5) is 23.6. The molecular weight excluding hydrogens is 523 g/mol. The van der Waals surface area contributed by atoms with E-state index in [1.807, 2.05) is 0 Å². The molecule has 0 aliphatic rings. The number of hydrogen-bond acceptors (Lipinski definition) is 9. The largest absolute Gasteiger partial charge is 0.467 e. The van der Waals surface area contributed by atoms with Gasteiger partial charge in [-0.25, -0.2) is 26.0 Å². The van der Waals surface area contributed by atoms with Gasteiger partial charge >= 0.3 is 5.97 Å². The Labute approximate surface area is 204 Å². The Hall–Kier alpha value is -3.07. The van der Waals surface area contributed by atoms with Gasteiger partial charge < -0.3 is 15.2 Å². The van der Waals surface area contributed by atoms with Gasteiger partial charge in [-0.05, 0) is 54.3 Å². The van der Waals surface area contributed by atoms with Crippen molar-refractivity contribution in [2.75, 3.05) is 24.7 Å². The molecule has 0 unspecified atom stereocenters. The number of halogens is 1. The molecule has 35 heavy (non-hydrogen) atoms. The minimum Gasteiger partial charge on any atom is -0.467 e. The third kappa shape index (κ3) is 5.61. The molecule has 0 aliphatic carbocycles. The zero-order valence-corrected chi connectivity index (χ0v) is 21.1. The molecule has 3 rings (SSSR count). The van der Waals surface area contributed by atoms with Crippen LogP contribution in [0.2, 0.25) is 0 Å². The zero-order chi connectivity index (χ0) is 26.1. The highest BCUT2D eigenvalue weighted by Gasteiger charge is 2.27. The number of carbonyl (C=O) groups excluding carboxylic acids is 2. The van der Waals surface area contributed by atoms with Crippen molar-refractivity contribution in [1.82, 2.24) is 5.32 Å². The Bertz CT molecular complexity index is 1530. The maximum absolute atomic E-state index is 13.6. The van der Waals surface area contributed by atoms with Gasteiger partial charge in [-0.1, -0.05) is 0 Å². The SMILES string of the molecule is COC(=O)[C@H](CO)NC(=O)c1ccc(NS(=O)(=O)c2sc3ccc(F)cc3c2C)c(S(C)(=O)=O)c1. The molecule has 14 heteroatoms. The van der Waals surface area contributed by atoms with Gasteiger partial charge in [-0.15, -0.1) is 11.3 Å². The van der Waals surface area contributed by atoms with Crippen molar-refractivity contribution in [3.63, 3.8) is 0 Å². The number of benzene rings is 2. The number of sulfonamides is 1. The van der Waals surface area contributed by atoms with Crippen molar-refractivity contribution < 1.29 is 40.7 Å². The summed E-state index contributed by atoms with van der Waals surface area (Å²) in [6.07, 6.45) is 0.834. The topological polar surface area (TPSA) is 156 Å². The van der Waals surface area contributed by atoms with E-state index in [0.29, 0.717) is 15.6 Å². The number of amides is 1. The number of anilines is 1. The van der Waals surface area contributed by atoms with E-state index in [4.69, 9.17) is 0 Å². The Morgan fingerprint density at radius 2 is 1.83 bits per heavy atom. The predicted molar refractivity (Wildman–Crippen MR) is 127 cm³/mol. The number of esters is 1. The quantitative estimate of drug-likeness (QED) is 0.363. The Morgan fingerprint density at radius 1 is 1.14 bits per heavy atom. The molecule has 0 spiro atoms. The van der Waals surface area contributed by atoms with Crippen molar-refractivity contribution in [3.05, 3.63) is 53.3 Å². The molecule has 0 saturated carbocycles. The van der Waals surface area contributed by atoms with E-state index in [1.54, 1.807) is 0 Å². The first kappa shape index (κ1) is 26.5. The molecule has 0 bridgehead atoms. The first-order chi connectivity index (χ1) is 16.3. The molecule has 1 atom stereocenters. The number of hydrogen-bond donors (Lipinski definition) is 3. The van der Waals surface area contributed by atoms with Crippen molar-refractivity contribution in [2.45, 2.75) is 22.1 Å². The number of fused-ring (bicyclic) bond motifs is 1. The Morgan fingerprint density at radius 3 is 2.43 bits per heavy atom. The van der Waals surface area contributed by atoms with Crippen molar-refractivity contribution in [2.24, 2.45) is 0 Å². The molecule has 0 fully saturated rings. The molecule has 3 aromatic rings. The van der Waals surface area contributed by atoms with Gasteiger partial charge in [0.25, 0.3) is 15.9 Å². The van der Waals surface area contributed by atoms with Crippen LogP contribution in [0.1, 0.15) is 15.9 Å². The summed E-state index contributed by atoms with van der Waals surface area (Å²) in [6.45, 7) is 0.754. The monoisotopic (exact) mass is 544 g/mol. The van der Waals surface area contributed by atoms with Crippen LogP contribution in [0, 0.1) is 12.7 Å². The number of nitrogens with one attached hydrogen (secondary N) is 2. The summed E-state index contributed by atoms with van der Waals surface area (Å²) in [5.41, 5.74) is -0.213. The fraction of sp³-hybridized carbons (Fsp3) is 0.238. The summed E-state index contributed by atoms with van der Waals surface area (Å²) >= 11 is 0.896. The van der Waals surface area contributed by atoms with Crippen LogP contribution in [-0.2, 0) is 29.4 Å². The smallest absolute Gasteiger partial charge is 0.330 e. The lowest BCUT2D eigenvalue weighted by atomic mass is 10.2. The number of sulfone groups is 1. The number of aliphatic hydroxyl groups is 1. The first-order valence-corrected chi connectivity index (χ1v) is 14.0. The fourth-order valence-corrected chi connectivity index (χ4v) is 6.99. The van der Waals surface area contributed by atoms with E-state index in [1.165, 1.54) is 25.1 Å². The number of thiophene rings is 1. The second-order valence-corrected chi connectivity index (χ2v) is 12.4. The second-order valence-electron chi connectivity index (χ2n) is 7.48. The normalized spacial score (nSPS) is 12.8. The number of aryl methyl sites for hydroxylation is 1. The molecule has 0 radical (unpaired) electrons. The lowest BCUT2D eigenvalue weighted by Crippen LogP contribution is -2.44. The minimum atomic E-state index is -4.29. The number of ether oxygens (including phenoxy) is 1. The van der Waals surface area contributed by atoms with Crippen LogP contribution >= 0.6 is 11.3 Å². The average Bonchev–Trinajstić information content (AvgIpc) is 3.12. The minimum absolute atomic E-state index is 0.122. The van der Waals surface area contributed by atoms with E-state index in [-0.39, 0.29) is 15.5 Å². The number of methoxy groups -OCH3 is 1. The molecule has 3 N–H and O–H groups in total. The van der Waals surface area contributed by atoms with Crippen LogP contribution < -0.4 is 10.0 Å². The molecular formula is C21H21FN2O8S3. The molecule has 0 saturated heterocycles. The highest BCUT2D eigenvalue weighted by atomic mass is 32.2. The van der Waals surface area contributed by atoms with Crippen molar-refractivity contribution >= 4 is 58.8 Å². The van der Waals surface area contributed by atoms with Gasteiger partial charge in [0, 0.05) is 16.5 Å². The number of aliphatic hydroxyl groups excluding tert-OH is 1. The van der Waals surface area contributed by atoms with E-state index in [0.717, 1.165) is 42.9 Å². The van der Waals surface area contributed by atoms with Crippen LogP contribution in [0.3, 0.4) is 0 Å². The molecule has 1 amide bonds. The second kappa shape index (κ2) is 9.89. The molecule has 1 heterocycles. The van der Waals surface area contributed by atoms with Crippen LogP contribution in [0.5, 0.6) is 0 Å². The summed E-state index contributed by atoms with van der Waals surface area (Å²) < 4.78 is 71.8. The molecule has 10 nitrogen and oxygen atoms in total. The van der Waals surface area contributed by atoms with Crippen LogP contribution in [0.4, 0.5) is 10.1 Å². The number of rotatable bonds is 8. The van der Waals surface area contributed by atoms with Gasteiger partial charge in [-0.3, -0.25) is 9.52 Å². The van der Waals surface area contributed by atoms with E-state index in [2.05, 4.69) is 14.8 Å². The zero-order valence-electron chi connectivity index (χ0n) is 18.7. The predicted octanol–water partition coefficient (Wildman–Crippen LogP) is 1.82. The van der Waals surface area contributed by atoms with Crippen LogP contribution in [-0.4, -0.2) is 59.8 Å². The van der Waals surface area contributed by atoms with E-state index < -0.39 is 55.1 Å². The standard InChI is InChI=1S/C21H21FN2O8S3/c1-11-14-9-13(22)5-7-17(14)33-21(11)35(30,31)24-15-6-4-12(8-18(15)34(3,28)29)19(26)23-16(10-25)20(27)32-2/h4-9,16,24-25H,10H2,1-3H3,(H,23,26)/t16-/m0/s1. The fourth-order valence-electron chi connectivity index (χ4n) is 3.24. The Kier molecular flexibility index (Phi) is 7.50. The summed E-state index contributed by atoms with van der Waals surface area (Å²) in [5, 5.41) is 11.9. The highest BCUT2D eigenvalue weighted by Crippen LogP contribution is 2.36. The lowest BCUT2D eigenvalue weighted by molar-refractivity contribution is -0.143. The average molecular weight is 545 g/mol. The molecule has 1 aromatic heterocycles. The van der Waals surface area contributed by atoms with Crippen molar-refractivity contribution in [1.29, 1.82) is 0 Å². The van der Waals surface area contributed by atoms with Gasteiger partial charge in [0.2, 0.25) is 0 Å². The lowest BCUT2D eigenvalue weighted by Gasteiger charge is -2.16. The van der Waals surface area contributed by atoms with E-state index >= 15 is 0 Å². The molecule has 0 aliphatic heterocycles. The Balaban J connectivity index is 2.00. The van der Waals surface area contributed by atoms with Gasteiger partial charge in [0.15, 0.2) is 15.9 Å². The summed E-state index contributed by atoms with van der Waals surface area (Å²) in [6, 6.07) is 5.68. The summed E-state index contributed by atoms with van der Waals surface area (Å²) in [7, 11) is -7.25. The van der Waals surface area contributed by atoms with Gasteiger partial charge in [0.05, 0.1) is 24.3 Å². The van der Waals surface area contributed by atoms with Crippen molar-refractivity contribution in [3.8, 4) is 0 Å². The maximum atomic E-state index is 13.6. The number of carbonyl (C=O) groups is 2. The molecule has 188 valence electrons. The highest BCUT2D eigenvalue weighted by molar-refractivity contribution is 7.95. The first-order valence-electron chi connectivity index (χ1n) is 9.83. The maximum Gasteiger partial charge on any atom is 0.330 e.